The second kappa shape index (κ2) is 10.6. The average Bonchev–Trinajstić information content (AvgIpc) is 2.51. The first-order valence-electron chi connectivity index (χ1n) is 7.98. The number of hydrogen-bond acceptors (Lipinski definition) is 4. The number of alkyl halides is 7. The molecule has 0 aliphatic rings. The van der Waals surface area contributed by atoms with Crippen molar-refractivity contribution < 1.29 is 49.8 Å². The van der Waals surface area contributed by atoms with Crippen LogP contribution in [0.4, 0.5) is 30.7 Å². The maximum Gasteiger partial charge on any atom is 0.460 e. The molecule has 0 aromatic rings. The third-order valence-corrected chi connectivity index (χ3v) is 3.25. The zero-order valence-corrected chi connectivity index (χ0v) is 14.1. The molecular weight excluding hydrogens is 377 g/mol. The fraction of sp³-hybridized carbons (Fsp3) is 0.867. The first-order chi connectivity index (χ1) is 11.8. The van der Waals surface area contributed by atoms with E-state index in [1.165, 1.54) is 0 Å². The predicted octanol–water partition coefficient (Wildman–Crippen LogP) is 4.66. The molecule has 0 fully saturated rings. The molecule has 0 aromatic heterocycles. The first kappa shape index (κ1) is 24.5. The van der Waals surface area contributed by atoms with E-state index in [9.17, 15) is 40.3 Å². The molecule has 0 bridgehead atoms. The average molecular weight is 398 g/mol. The monoisotopic (exact) mass is 398 g/mol. The van der Waals surface area contributed by atoms with Crippen molar-refractivity contribution in [3.8, 4) is 0 Å². The smallest absolute Gasteiger partial charge is 0.460 e. The summed E-state index contributed by atoms with van der Waals surface area (Å²) in [6.45, 7) is -0.215. The van der Waals surface area contributed by atoms with Crippen LogP contribution in [0.25, 0.3) is 0 Å². The van der Waals surface area contributed by atoms with Gasteiger partial charge in [0.25, 0.3) is 0 Å². The van der Waals surface area contributed by atoms with Crippen LogP contribution < -0.4 is 0 Å². The fourth-order valence-corrected chi connectivity index (χ4v) is 1.71. The SMILES string of the molecule is CCCCCCOC(=O)CCCC(=O)OCC(F)(F)C(F)(F)C(F)(F)F. The molecule has 0 N–H and O–H groups in total. The van der Waals surface area contributed by atoms with E-state index in [1.54, 1.807) is 0 Å². The third kappa shape index (κ3) is 8.22. The Kier molecular flexibility index (Phi) is 9.93. The van der Waals surface area contributed by atoms with E-state index in [0.29, 0.717) is 6.42 Å². The lowest BCUT2D eigenvalue weighted by atomic mass is 10.2. The molecule has 4 nitrogen and oxygen atoms in total. The Morgan fingerprint density at radius 1 is 0.769 bits per heavy atom. The molecule has 0 unspecified atom stereocenters. The minimum atomic E-state index is -6.48. The van der Waals surface area contributed by atoms with Gasteiger partial charge in [0.05, 0.1) is 6.61 Å². The minimum absolute atomic E-state index is 0.173. The quantitative estimate of drug-likeness (QED) is 0.273. The molecule has 11 heteroatoms. The molecule has 0 saturated carbocycles. The minimum Gasteiger partial charge on any atom is -0.466 e. The van der Waals surface area contributed by atoms with Gasteiger partial charge in [-0.15, -0.1) is 0 Å². The Balaban J connectivity index is 4.08. The Morgan fingerprint density at radius 2 is 1.31 bits per heavy atom. The van der Waals surface area contributed by atoms with Gasteiger partial charge >= 0.3 is 30.0 Å². The largest absolute Gasteiger partial charge is 0.466 e. The number of hydrogen-bond donors (Lipinski definition) is 0. The number of carbonyl (C=O) groups is 2. The summed E-state index contributed by atoms with van der Waals surface area (Å²) >= 11 is 0. The van der Waals surface area contributed by atoms with Gasteiger partial charge < -0.3 is 9.47 Å². The lowest BCUT2D eigenvalue weighted by Crippen LogP contribution is -2.54. The maximum atomic E-state index is 12.9. The van der Waals surface area contributed by atoms with Gasteiger partial charge in [-0.3, -0.25) is 9.59 Å². The van der Waals surface area contributed by atoms with Gasteiger partial charge in [-0.1, -0.05) is 26.2 Å². The highest BCUT2D eigenvalue weighted by molar-refractivity contribution is 5.72. The molecule has 0 saturated heterocycles. The van der Waals surface area contributed by atoms with Crippen molar-refractivity contribution in [3.63, 3.8) is 0 Å². The molecular formula is C15H21F7O4. The molecule has 0 aliphatic heterocycles. The van der Waals surface area contributed by atoms with E-state index < -0.39 is 43.0 Å². The molecule has 26 heavy (non-hydrogen) atoms. The Labute approximate surface area is 146 Å². The summed E-state index contributed by atoms with van der Waals surface area (Å²) in [5.74, 6) is -14.0. The molecule has 0 heterocycles. The van der Waals surface area contributed by atoms with E-state index in [4.69, 9.17) is 4.74 Å². The predicted molar refractivity (Wildman–Crippen MR) is 75.9 cm³/mol. The van der Waals surface area contributed by atoms with Crippen LogP contribution in [0.2, 0.25) is 0 Å². The summed E-state index contributed by atoms with van der Waals surface area (Å²) < 4.78 is 95.3. The summed E-state index contributed by atoms with van der Waals surface area (Å²) in [7, 11) is 0. The van der Waals surface area contributed by atoms with Crippen molar-refractivity contribution in [2.45, 2.75) is 69.9 Å². The zero-order chi connectivity index (χ0) is 20.4. The van der Waals surface area contributed by atoms with Crippen LogP contribution in [0.15, 0.2) is 0 Å². The van der Waals surface area contributed by atoms with Crippen LogP contribution in [0.5, 0.6) is 0 Å². The van der Waals surface area contributed by atoms with Gasteiger partial charge in [0, 0.05) is 12.8 Å². The van der Waals surface area contributed by atoms with E-state index in [0.717, 1.165) is 19.3 Å². The van der Waals surface area contributed by atoms with Crippen LogP contribution >= 0.6 is 0 Å². The lowest BCUT2D eigenvalue weighted by molar-refractivity contribution is -0.359. The summed E-state index contributed by atoms with van der Waals surface area (Å²) in [6.07, 6.45) is -3.95. The van der Waals surface area contributed by atoms with Gasteiger partial charge in [0.15, 0.2) is 6.61 Å². The normalized spacial score (nSPS) is 12.8. The second-order valence-electron chi connectivity index (χ2n) is 5.57. The number of halogens is 7. The number of unbranched alkanes of at least 4 members (excludes halogenated alkanes) is 3. The van der Waals surface area contributed by atoms with Crippen LogP contribution in [0, 0.1) is 0 Å². The molecule has 0 spiro atoms. The summed E-state index contributed by atoms with van der Waals surface area (Å²) in [5.41, 5.74) is 0. The number of esters is 2. The van der Waals surface area contributed by atoms with Gasteiger partial charge in [-0.25, -0.2) is 0 Å². The molecule has 0 radical (unpaired) electrons. The molecule has 0 aliphatic carbocycles. The van der Waals surface area contributed by atoms with Crippen LogP contribution in [0.3, 0.4) is 0 Å². The van der Waals surface area contributed by atoms with E-state index in [-0.39, 0.29) is 19.4 Å². The van der Waals surface area contributed by atoms with Crippen LogP contribution in [0.1, 0.15) is 51.9 Å². The maximum absolute atomic E-state index is 12.9. The number of rotatable bonds is 12. The van der Waals surface area contributed by atoms with Gasteiger partial charge in [0.1, 0.15) is 0 Å². The van der Waals surface area contributed by atoms with Crippen molar-refractivity contribution in [2.24, 2.45) is 0 Å². The first-order valence-corrected chi connectivity index (χ1v) is 7.98. The molecule has 154 valence electrons. The van der Waals surface area contributed by atoms with E-state index >= 15 is 0 Å². The topological polar surface area (TPSA) is 52.6 Å². The Morgan fingerprint density at radius 3 is 1.81 bits per heavy atom. The van der Waals surface area contributed by atoms with Crippen molar-refractivity contribution >= 4 is 11.9 Å². The van der Waals surface area contributed by atoms with E-state index in [2.05, 4.69) is 4.74 Å². The highest BCUT2D eigenvalue weighted by atomic mass is 19.4. The van der Waals surface area contributed by atoms with Crippen molar-refractivity contribution in [2.75, 3.05) is 13.2 Å². The summed E-state index contributed by atoms with van der Waals surface area (Å²) in [5, 5.41) is 0. The van der Waals surface area contributed by atoms with Gasteiger partial charge in [-0.2, -0.15) is 30.7 Å². The molecule has 0 rings (SSSR count). The lowest BCUT2D eigenvalue weighted by Gasteiger charge is -2.27. The highest BCUT2D eigenvalue weighted by Crippen LogP contribution is 2.46. The summed E-state index contributed by atoms with van der Waals surface area (Å²) in [6, 6.07) is 0. The number of carbonyl (C=O) groups excluding carboxylic acids is 2. The Hall–Kier alpha value is -1.55. The van der Waals surface area contributed by atoms with Crippen LogP contribution in [-0.2, 0) is 19.1 Å². The molecule has 0 amide bonds. The number of ether oxygens (including phenoxy) is 2. The van der Waals surface area contributed by atoms with Crippen molar-refractivity contribution in [3.05, 3.63) is 0 Å². The molecule has 0 aromatic carbocycles. The van der Waals surface area contributed by atoms with Crippen molar-refractivity contribution in [1.29, 1.82) is 0 Å². The van der Waals surface area contributed by atoms with Gasteiger partial charge in [-0.05, 0) is 12.8 Å². The molecule has 0 atom stereocenters. The van der Waals surface area contributed by atoms with Crippen LogP contribution in [-0.4, -0.2) is 43.2 Å². The second-order valence-corrected chi connectivity index (χ2v) is 5.57. The standard InChI is InChI=1S/C15H21F7O4/c1-2-3-4-5-9-25-11(23)7-6-8-12(24)26-10-13(16,17)14(18,19)15(20,21)22/h2-10H2,1H3. The zero-order valence-electron chi connectivity index (χ0n) is 14.1. The highest BCUT2D eigenvalue weighted by Gasteiger charge is 2.73. The fourth-order valence-electron chi connectivity index (χ4n) is 1.71. The Bertz CT molecular complexity index is 450. The third-order valence-electron chi connectivity index (χ3n) is 3.25. The van der Waals surface area contributed by atoms with Crippen molar-refractivity contribution in [1.82, 2.24) is 0 Å². The summed E-state index contributed by atoms with van der Waals surface area (Å²) in [4.78, 5) is 22.4. The van der Waals surface area contributed by atoms with Gasteiger partial charge in [0.2, 0.25) is 0 Å². The van der Waals surface area contributed by atoms with E-state index in [1.807, 2.05) is 6.92 Å².